The van der Waals surface area contributed by atoms with Gasteiger partial charge >= 0.3 is 0 Å². The molecule has 1 aliphatic rings. The molecule has 2 aromatic rings. The first-order valence-electron chi connectivity index (χ1n) is 24.5. The molecule has 2 unspecified atom stereocenters. The fraction of sp³-hybridized carbons (Fsp3) is 0.814. The summed E-state index contributed by atoms with van der Waals surface area (Å²) in [5, 5.41) is 26.5. The van der Waals surface area contributed by atoms with Crippen molar-refractivity contribution in [2.24, 2.45) is 5.41 Å². The number of fused-ring (bicyclic) bond motifs is 1. The Labute approximate surface area is 420 Å². The molecule has 7 atom stereocenters. The lowest BCUT2D eigenvalue weighted by Gasteiger charge is -2.36. The number of hydrogen-bond donors (Lipinski definition) is 5. The maximum absolute atomic E-state index is 12.7. The standard InChI is InChI=1S/C43H78N7O17P3S/c1-4-5-6-7-8-9-10-11-12-13-14-15-16-17-18-19-20-21-22-23-34(52)71-27-26-45-33(51)24-25-46-41(55)38(54)43(2,3)29-64-70(61,62)67-69(59,60)63-28-32-37(66-68(56,57)58)36(53)42(65-32)50-31-49-35-39(44)47-30-48-40(35)50/h30-32,36-38,42,53-54H,4-29H2,1-3H3,(H,45,51)(H,46,55)(H,59,60)(H,61,62)(H2,44,47,48)(H2,56,57,58)/p-4/t32-,36-,37-,38+,42-/m1/s1. The number of rotatable bonds is 39. The summed E-state index contributed by atoms with van der Waals surface area (Å²) >= 11 is 1.15. The zero-order valence-electron chi connectivity index (χ0n) is 41.1. The molecule has 0 spiro atoms. The number of carbonyl (C=O) groups is 3. The molecule has 0 aromatic carbocycles. The van der Waals surface area contributed by atoms with Gasteiger partial charge in [0, 0.05) is 37.1 Å². The quantitative estimate of drug-likeness (QED) is 0.0467. The van der Waals surface area contributed by atoms with Crippen LogP contribution in [0.1, 0.15) is 162 Å². The van der Waals surface area contributed by atoms with Gasteiger partial charge in [0.05, 0.1) is 27.4 Å². The van der Waals surface area contributed by atoms with Crippen LogP contribution >= 0.6 is 35.2 Å². The Hall–Kier alpha value is -2.44. The van der Waals surface area contributed by atoms with Gasteiger partial charge < -0.3 is 69.0 Å². The van der Waals surface area contributed by atoms with Gasteiger partial charge in [0.15, 0.2) is 22.8 Å². The number of ether oxygens (including phenoxy) is 1. The number of nitrogens with one attached hydrogen (secondary N) is 2. The van der Waals surface area contributed by atoms with E-state index in [0.29, 0.717) is 12.2 Å². The minimum Gasteiger partial charge on any atom is -0.790 e. The van der Waals surface area contributed by atoms with Gasteiger partial charge in [-0.2, -0.15) is 0 Å². The van der Waals surface area contributed by atoms with E-state index in [1.807, 2.05) is 0 Å². The Morgan fingerprint density at radius 2 is 1.37 bits per heavy atom. The summed E-state index contributed by atoms with van der Waals surface area (Å²) in [6.07, 6.45) is 17.3. The lowest BCUT2D eigenvalue weighted by atomic mass is 9.87. The molecule has 2 aromatic heterocycles. The molecule has 71 heavy (non-hydrogen) atoms. The second kappa shape index (κ2) is 32.1. The van der Waals surface area contributed by atoms with Crippen LogP contribution in [0.5, 0.6) is 0 Å². The summed E-state index contributed by atoms with van der Waals surface area (Å²) in [5.74, 6) is -1.12. The number of aliphatic hydroxyl groups excluding tert-OH is 2. The van der Waals surface area contributed by atoms with Crippen LogP contribution in [-0.2, 0) is 50.7 Å². The van der Waals surface area contributed by atoms with E-state index in [9.17, 15) is 57.9 Å². The van der Waals surface area contributed by atoms with E-state index in [4.69, 9.17) is 10.5 Å². The second-order valence-corrected chi connectivity index (χ2v) is 23.5. The molecule has 408 valence electrons. The van der Waals surface area contributed by atoms with Crippen LogP contribution in [-0.4, -0.2) is 103 Å². The summed E-state index contributed by atoms with van der Waals surface area (Å²) in [6, 6.07) is 0. The second-order valence-electron chi connectivity index (χ2n) is 18.3. The van der Waals surface area contributed by atoms with E-state index in [-0.39, 0.29) is 41.6 Å². The van der Waals surface area contributed by atoms with Crippen molar-refractivity contribution >= 4 is 69.1 Å². The van der Waals surface area contributed by atoms with Gasteiger partial charge in [0.2, 0.25) is 11.8 Å². The molecule has 28 heteroatoms. The third-order valence-electron chi connectivity index (χ3n) is 11.7. The molecular formula is C43H74N7O17P3S-4. The Balaban J connectivity index is 1.24. The van der Waals surface area contributed by atoms with Gasteiger partial charge in [0.1, 0.15) is 36.3 Å². The Morgan fingerprint density at radius 1 is 0.817 bits per heavy atom. The number of nitrogen functional groups attached to an aromatic ring is 1. The molecule has 1 fully saturated rings. The molecule has 24 nitrogen and oxygen atoms in total. The summed E-state index contributed by atoms with van der Waals surface area (Å²) in [6.45, 7) is 2.44. The van der Waals surface area contributed by atoms with E-state index in [2.05, 4.69) is 50.4 Å². The van der Waals surface area contributed by atoms with Crippen LogP contribution in [0.3, 0.4) is 0 Å². The van der Waals surface area contributed by atoms with Gasteiger partial charge in [-0.15, -0.1) is 0 Å². The van der Waals surface area contributed by atoms with Crippen molar-refractivity contribution in [3.05, 3.63) is 12.7 Å². The van der Waals surface area contributed by atoms with Crippen molar-refractivity contribution in [1.82, 2.24) is 30.2 Å². The summed E-state index contributed by atoms with van der Waals surface area (Å²) in [5.41, 5.74) is 4.10. The predicted octanol–water partition coefficient (Wildman–Crippen LogP) is 3.96. The van der Waals surface area contributed by atoms with Gasteiger partial charge in [0.25, 0.3) is 15.6 Å². The molecule has 0 saturated carbocycles. The van der Waals surface area contributed by atoms with Crippen molar-refractivity contribution in [3.63, 3.8) is 0 Å². The number of phosphoric acid groups is 3. The number of amides is 2. The molecule has 1 saturated heterocycles. The summed E-state index contributed by atoms with van der Waals surface area (Å²) in [4.78, 5) is 97.0. The highest BCUT2D eigenvalue weighted by Gasteiger charge is 2.47. The maximum atomic E-state index is 12.7. The highest BCUT2D eigenvalue weighted by atomic mass is 32.2. The van der Waals surface area contributed by atoms with E-state index in [1.54, 1.807) is 0 Å². The SMILES string of the molecule is CCCCCCCCCCCCCCCCCCCCCC(=O)SCCNC(=O)CCNC(=O)[C@H](O)C(C)(C)COP(=O)([O-])OP(=O)([O-])OC[C@H]1O[C@@H](n2cnc3c(N)ncnc32)[C@H](O)[C@@H]1OP(=O)([O-])[O-]. The van der Waals surface area contributed by atoms with Crippen molar-refractivity contribution < 1.29 is 80.5 Å². The average molecular weight is 1090 g/mol. The van der Waals surface area contributed by atoms with Gasteiger partial charge in [-0.05, 0) is 6.42 Å². The third kappa shape index (κ3) is 24.6. The van der Waals surface area contributed by atoms with E-state index in [1.165, 1.54) is 117 Å². The smallest absolute Gasteiger partial charge is 0.274 e. The molecule has 6 N–H and O–H groups in total. The maximum Gasteiger partial charge on any atom is 0.274 e. The number of thioether (sulfide) groups is 1. The summed E-state index contributed by atoms with van der Waals surface area (Å²) in [7, 11) is -17.6. The normalized spacial score (nSPS) is 19.6. The Bertz CT molecular complexity index is 2070. The molecular weight excluding hydrogens is 1010 g/mol. The van der Waals surface area contributed by atoms with Crippen LogP contribution < -0.4 is 35.9 Å². The number of carbonyl (C=O) groups excluding carboxylic acids is 3. The fourth-order valence-electron chi connectivity index (χ4n) is 7.69. The monoisotopic (exact) mass is 1090 g/mol. The number of nitrogens with two attached hydrogens (primary N) is 1. The minimum atomic E-state index is -5.92. The van der Waals surface area contributed by atoms with Crippen LogP contribution in [0.15, 0.2) is 12.7 Å². The predicted molar refractivity (Wildman–Crippen MR) is 256 cm³/mol. The van der Waals surface area contributed by atoms with Gasteiger partial charge in [-0.1, -0.05) is 148 Å². The number of aliphatic hydroxyl groups is 2. The van der Waals surface area contributed by atoms with Crippen molar-refractivity contribution in [2.45, 2.75) is 186 Å². The molecule has 0 bridgehead atoms. The lowest BCUT2D eigenvalue weighted by Crippen LogP contribution is -2.46. The summed E-state index contributed by atoms with van der Waals surface area (Å²) < 4.78 is 60.9. The molecule has 0 radical (unpaired) electrons. The van der Waals surface area contributed by atoms with E-state index in [0.717, 1.165) is 48.2 Å². The Morgan fingerprint density at radius 3 is 1.93 bits per heavy atom. The first kappa shape index (κ1) is 62.9. The zero-order chi connectivity index (χ0) is 52.5. The molecule has 3 rings (SSSR count). The topological polar surface area (TPSA) is 375 Å². The van der Waals surface area contributed by atoms with Crippen LogP contribution in [0.2, 0.25) is 0 Å². The Kier molecular flexibility index (Phi) is 28.4. The zero-order valence-corrected chi connectivity index (χ0v) is 44.6. The van der Waals surface area contributed by atoms with Gasteiger partial charge in [-0.3, -0.25) is 28.1 Å². The first-order valence-corrected chi connectivity index (χ1v) is 29.9. The fourth-order valence-corrected chi connectivity index (χ4v) is 11.1. The van der Waals surface area contributed by atoms with Crippen LogP contribution in [0, 0.1) is 5.41 Å². The number of imidazole rings is 1. The number of nitrogens with zero attached hydrogens (tertiary/aromatic N) is 4. The largest absolute Gasteiger partial charge is 0.790 e. The van der Waals surface area contributed by atoms with Crippen LogP contribution in [0.25, 0.3) is 11.2 Å². The van der Waals surface area contributed by atoms with Crippen molar-refractivity contribution in [3.8, 4) is 0 Å². The van der Waals surface area contributed by atoms with Gasteiger partial charge in [-0.25, -0.2) is 19.3 Å². The molecule has 3 heterocycles. The van der Waals surface area contributed by atoms with Crippen LogP contribution in [0.4, 0.5) is 5.82 Å². The van der Waals surface area contributed by atoms with E-state index < -0.39 is 84.6 Å². The van der Waals surface area contributed by atoms with Crippen molar-refractivity contribution in [1.29, 1.82) is 0 Å². The molecule has 2 amide bonds. The minimum absolute atomic E-state index is 0.0175. The first-order chi connectivity index (χ1) is 33.6. The average Bonchev–Trinajstić information content (AvgIpc) is 3.86. The number of unbranched alkanes of at least 4 members (excludes halogenated alkanes) is 18. The molecule has 1 aliphatic heterocycles. The lowest BCUT2D eigenvalue weighted by molar-refractivity contribution is -0.347. The van der Waals surface area contributed by atoms with Crippen molar-refractivity contribution in [2.75, 3.05) is 37.8 Å². The highest BCUT2D eigenvalue weighted by molar-refractivity contribution is 8.13. The highest BCUT2D eigenvalue weighted by Crippen LogP contribution is 2.56. The number of anilines is 1. The number of hydrogen-bond acceptors (Lipinski definition) is 22. The number of phosphoric ester groups is 3. The third-order valence-corrected chi connectivity index (χ3v) is 15.7. The molecule has 0 aliphatic carbocycles. The number of aromatic nitrogens is 4. The van der Waals surface area contributed by atoms with E-state index >= 15 is 0 Å².